The summed E-state index contributed by atoms with van der Waals surface area (Å²) in [6, 6.07) is 0. The van der Waals surface area contributed by atoms with Gasteiger partial charge >= 0.3 is 0 Å². The van der Waals surface area contributed by atoms with Crippen molar-refractivity contribution < 1.29 is 0 Å². The lowest BCUT2D eigenvalue weighted by atomic mass is 10.2. The highest BCUT2D eigenvalue weighted by atomic mass is 32.1. The fraction of sp³-hybridized carbons (Fsp3) is 0.636. The summed E-state index contributed by atoms with van der Waals surface area (Å²) < 4.78 is 0. The molecule has 1 aromatic rings. The van der Waals surface area contributed by atoms with Gasteiger partial charge in [0.1, 0.15) is 0 Å². The zero-order valence-electron chi connectivity index (χ0n) is 9.81. The average molecular weight is 238 g/mol. The van der Waals surface area contributed by atoms with Crippen LogP contribution in [0.2, 0.25) is 0 Å². The fourth-order valence-electron chi connectivity index (χ4n) is 1.55. The van der Waals surface area contributed by atoms with Crippen LogP contribution in [0.3, 0.4) is 0 Å². The van der Waals surface area contributed by atoms with Crippen molar-refractivity contribution in [3.05, 3.63) is 16.1 Å². The third-order valence-corrected chi connectivity index (χ3v) is 3.91. The lowest BCUT2D eigenvalue weighted by Gasteiger charge is -2.31. The molecule has 0 amide bonds. The van der Waals surface area contributed by atoms with E-state index in [9.17, 15) is 0 Å². The maximum atomic E-state index is 5.87. The number of nitrogens with zero attached hydrogens (tertiary/aromatic N) is 3. The van der Waals surface area contributed by atoms with E-state index in [2.05, 4.69) is 28.7 Å². The van der Waals surface area contributed by atoms with Gasteiger partial charge in [-0.05, 0) is 13.3 Å². The molecule has 5 heteroatoms. The number of nitrogens with two attached hydrogens (primary N) is 1. The first kappa shape index (κ1) is 11.4. The second kappa shape index (κ2) is 4.82. The summed E-state index contributed by atoms with van der Waals surface area (Å²) in [5.74, 6) is 1.05. The summed E-state index contributed by atoms with van der Waals surface area (Å²) in [6.07, 6.45) is 3.15. The Bertz CT molecular complexity index is 381. The largest absolute Gasteiger partial charge is 0.370 e. The summed E-state index contributed by atoms with van der Waals surface area (Å²) in [5.41, 5.74) is 5.87. The zero-order chi connectivity index (χ0) is 11.5. The van der Waals surface area contributed by atoms with Gasteiger partial charge < -0.3 is 10.6 Å². The zero-order valence-corrected chi connectivity index (χ0v) is 10.6. The Hall–Kier alpha value is -1.10. The van der Waals surface area contributed by atoms with E-state index in [1.165, 1.54) is 11.3 Å². The van der Waals surface area contributed by atoms with Crippen LogP contribution in [0.4, 0.5) is 0 Å². The monoisotopic (exact) mass is 238 g/mol. The van der Waals surface area contributed by atoms with Crippen LogP contribution in [0.15, 0.2) is 11.2 Å². The summed E-state index contributed by atoms with van der Waals surface area (Å²) in [6.45, 7) is 7.06. The standard InChI is InChI=1S/C11H18N4S/c1-8(10-13-7-9(2)16-10)6-14-11(12)15-4-3-5-15/h7-8H,3-6H2,1-2H3,(H2,12,14). The fourth-order valence-corrected chi connectivity index (χ4v) is 2.37. The number of rotatable bonds is 3. The molecular weight excluding hydrogens is 220 g/mol. The summed E-state index contributed by atoms with van der Waals surface area (Å²) in [4.78, 5) is 12.1. The average Bonchev–Trinajstić information content (AvgIpc) is 2.58. The maximum Gasteiger partial charge on any atom is 0.191 e. The molecule has 2 rings (SSSR count). The molecule has 0 bridgehead atoms. The Morgan fingerprint density at radius 3 is 2.94 bits per heavy atom. The molecule has 1 aromatic heterocycles. The van der Waals surface area contributed by atoms with Gasteiger partial charge in [0.05, 0.1) is 11.6 Å². The molecule has 0 spiro atoms. The maximum absolute atomic E-state index is 5.87. The van der Waals surface area contributed by atoms with Crippen LogP contribution < -0.4 is 5.73 Å². The molecule has 0 aliphatic carbocycles. The minimum absolute atomic E-state index is 0.360. The van der Waals surface area contributed by atoms with E-state index >= 15 is 0 Å². The van der Waals surface area contributed by atoms with E-state index in [0.717, 1.165) is 24.6 Å². The van der Waals surface area contributed by atoms with Gasteiger partial charge in [0.25, 0.3) is 0 Å². The minimum atomic E-state index is 0.360. The molecule has 88 valence electrons. The van der Waals surface area contributed by atoms with Crippen LogP contribution in [-0.4, -0.2) is 35.5 Å². The number of hydrogen-bond donors (Lipinski definition) is 1. The Kier molecular flexibility index (Phi) is 3.43. The van der Waals surface area contributed by atoms with Gasteiger partial charge in [-0.3, -0.25) is 4.99 Å². The van der Waals surface area contributed by atoms with Crippen LogP contribution in [0.1, 0.15) is 29.1 Å². The highest BCUT2D eigenvalue weighted by Crippen LogP contribution is 2.21. The van der Waals surface area contributed by atoms with E-state index in [1.807, 2.05) is 6.20 Å². The smallest absolute Gasteiger partial charge is 0.191 e. The van der Waals surface area contributed by atoms with E-state index in [-0.39, 0.29) is 0 Å². The second-order valence-corrected chi connectivity index (χ2v) is 5.52. The molecule has 1 saturated heterocycles. The normalized spacial score (nSPS) is 18.4. The first-order chi connectivity index (χ1) is 7.66. The van der Waals surface area contributed by atoms with Crippen LogP contribution in [0, 0.1) is 6.92 Å². The van der Waals surface area contributed by atoms with Gasteiger partial charge in [0.2, 0.25) is 0 Å². The van der Waals surface area contributed by atoms with Crippen molar-refractivity contribution in [1.82, 2.24) is 9.88 Å². The van der Waals surface area contributed by atoms with Crippen LogP contribution in [0.5, 0.6) is 0 Å². The van der Waals surface area contributed by atoms with Gasteiger partial charge in [0, 0.05) is 30.1 Å². The number of aryl methyl sites for hydroxylation is 1. The molecule has 2 heterocycles. The van der Waals surface area contributed by atoms with Gasteiger partial charge in [-0.1, -0.05) is 6.92 Å². The molecule has 1 atom stereocenters. The third kappa shape index (κ3) is 2.52. The molecule has 16 heavy (non-hydrogen) atoms. The Morgan fingerprint density at radius 1 is 1.69 bits per heavy atom. The molecule has 1 unspecified atom stereocenters. The van der Waals surface area contributed by atoms with Crippen molar-refractivity contribution in [2.75, 3.05) is 19.6 Å². The summed E-state index contributed by atoms with van der Waals surface area (Å²) in [5, 5.41) is 1.15. The van der Waals surface area contributed by atoms with Crippen LogP contribution in [-0.2, 0) is 0 Å². The Balaban J connectivity index is 1.89. The molecule has 4 nitrogen and oxygen atoms in total. The number of aromatic nitrogens is 1. The number of thiazole rings is 1. The SMILES string of the molecule is Cc1cnc(C(C)CN=C(N)N2CCC2)s1. The predicted octanol–water partition coefficient (Wildman–Crippen LogP) is 1.58. The number of likely N-dealkylation sites (tertiary alicyclic amines) is 1. The molecule has 0 radical (unpaired) electrons. The molecule has 2 N–H and O–H groups in total. The number of guanidine groups is 1. The lowest BCUT2D eigenvalue weighted by molar-refractivity contribution is 0.295. The van der Waals surface area contributed by atoms with Crippen molar-refractivity contribution in [2.45, 2.75) is 26.2 Å². The third-order valence-electron chi connectivity index (χ3n) is 2.77. The molecule has 0 aromatic carbocycles. The van der Waals surface area contributed by atoms with Crippen LogP contribution >= 0.6 is 11.3 Å². The van der Waals surface area contributed by atoms with Crippen molar-refractivity contribution >= 4 is 17.3 Å². The van der Waals surface area contributed by atoms with Gasteiger partial charge in [-0.25, -0.2) is 4.98 Å². The van der Waals surface area contributed by atoms with Crippen molar-refractivity contribution in [3.63, 3.8) is 0 Å². The van der Waals surface area contributed by atoms with Gasteiger partial charge in [-0.15, -0.1) is 11.3 Å². The summed E-state index contributed by atoms with van der Waals surface area (Å²) in [7, 11) is 0. The van der Waals surface area contributed by atoms with Crippen LogP contribution in [0.25, 0.3) is 0 Å². The lowest BCUT2D eigenvalue weighted by Crippen LogP contribution is -2.46. The van der Waals surface area contributed by atoms with Gasteiger partial charge in [-0.2, -0.15) is 0 Å². The number of aliphatic imine (C=N–C) groups is 1. The topological polar surface area (TPSA) is 54.5 Å². The number of hydrogen-bond acceptors (Lipinski definition) is 3. The molecule has 1 aliphatic heterocycles. The predicted molar refractivity (Wildman–Crippen MR) is 67.9 cm³/mol. The first-order valence-electron chi connectivity index (χ1n) is 5.64. The van der Waals surface area contributed by atoms with E-state index in [1.54, 1.807) is 11.3 Å². The highest BCUT2D eigenvalue weighted by Gasteiger charge is 2.16. The Labute approximate surface area is 100 Å². The van der Waals surface area contributed by atoms with E-state index < -0.39 is 0 Å². The Morgan fingerprint density at radius 2 is 2.44 bits per heavy atom. The second-order valence-electron chi connectivity index (χ2n) is 4.25. The molecule has 1 aliphatic rings. The quantitative estimate of drug-likeness (QED) is 0.642. The highest BCUT2D eigenvalue weighted by molar-refractivity contribution is 7.11. The summed E-state index contributed by atoms with van der Waals surface area (Å²) >= 11 is 1.74. The van der Waals surface area contributed by atoms with Crippen molar-refractivity contribution in [3.8, 4) is 0 Å². The van der Waals surface area contributed by atoms with E-state index in [4.69, 9.17) is 5.73 Å². The van der Waals surface area contributed by atoms with E-state index in [0.29, 0.717) is 11.9 Å². The van der Waals surface area contributed by atoms with Crippen molar-refractivity contribution in [1.29, 1.82) is 0 Å². The first-order valence-corrected chi connectivity index (χ1v) is 6.45. The molecular formula is C11H18N4S. The molecule has 1 fully saturated rings. The van der Waals surface area contributed by atoms with Gasteiger partial charge in [0.15, 0.2) is 5.96 Å². The van der Waals surface area contributed by atoms with Crippen molar-refractivity contribution in [2.24, 2.45) is 10.7 Å². The molecule has 0 saturated carbocycles. The minimum Gasteiger partial charge on any atom is -0.370 e.